The normalized spacial score (nSPS) is 20.2. The Morgan fingerprint density at radius 2 is 1.68 bits per heavy atom. The van der Waals surface area contributed by atoms with E-state index in [0.717, 1.165) is 55.3 Å². The first kappa shape index (κ1) is 28.4. The Balaban J connectivity index is 0.000000617. The maximum absolute atomic E-state index is 13.1. The van der Waals surface area contributed by atoms with E-state index in [0.29, 0.717) is 18.6 Å². The van der Waals surface area contributed by atoms with Crippen molar-refractivity contribution in [2.45, 2.75) is 51.6 Å². The maximum Gasteiger partial charge on any atom is 0.261 e. The molecule has 1 fully saturated rings. The summed E-state index contributed by atoms with van der Waals surface area (Å²) in [7, 11) is -3.67. The molecule has 2 aromatic rings. The number of piperazine rings is 1. The molecule has 2 aliphatic heterocycles. The first-order valence-corrected chi connectivity index (χ1v) is 14.9. The van der Waals surface area contributed by atoms with E-state index in [2.05, 4.69) is 60.3 Å². The monoisotopic (exact) mass is 545 g/mol. The number of nitrogens with zero attached hydrogens (tertiary/aromatic N) is 2. The van der Waals surface area contributed by atoms with Crippen LogP contribution in [0.25, 0.3) is 0 Å². The van der Waals surface area contributed by atoms with E-state index in [1.807, 2.05) is 26.0 Å². The van der Waals surface area contributed by atoms with Gasteiger partial charge in [-0.2, -0.15) is 8.42 Å². The predicted molar refractivity (Wildman–Crippen MR) is 149 cm³/mol. The van der Waals surface area contributed by atoms with Crippen molar-refractivity contribution in [2.75, 3.05) is 56.0 Å². The van der Waals surface area contributed by atoms with Gasteiger partial charge in [-0.15, -0.1) is 0 Å². The number of benzene rings is 2. The van der Waals surface area contributed by atoms with E-state index in [9.17, 15) is 13.2 Å². The van der Waals surface area contributed by atoms with Crippen molar-refractivity contribution < 1.29 is 27.3 Å². The molecule has 1 unspecified atom stereocenters. The number of carbonyl (C=O) groups is 1. The number of rotatable bonds is 6. The zero-order chi connectivity index (χ0) is 27.9. The van der Waals surface area contributed by atoms with Crippen molar-refractivity contribution in [1.29, 1.82) is 0 Å². The number of nitrogens with one attached hydrogen (secondary N) is 1. The van der Waals surface area contributed by atoms with E-state index in [4.69, 9.17) is 14.1 Å². The zero-order valence-corrected chi connectivity index (χ0v) is 23.9. The summed E-state index contributed by atoms with van der Waals surface area (Å²) in [4.78, 5) is 23.5. The van der Waals surface area contributed by atoms with Gasteiger partial charge in [-0.1, -0.05) is 24.3 Å². The molecule has 2 heterocycles. The Bertz CT molecular complexity index is 1270. The molecule has 5 rings (SSSR count). The summed E-state index contributed by atoms with van der Waals surface area (Å²) in [5.41, 5.74) is 7.80. The van der Waals surface area contributed by atoms with Gasteiger partial charge in [0.05, 0.1) is 18.0 Å². The van der Waals surface area contributed by atoms with E-state index >= 15 is 0 Å². The number of para-hydroxylation sites is 1. The highest BCUT2D eigenvalue weighted by molar-refractivity contribution is 7.85. The second kappa shape index (κ2) is 10.5. The van der Waals surface area contributed by atoms with Gasteiger partial charge in [0.2, 0.25) is 0 Å². The molecule has 0 amide bonds. The molecule has 208 valence electrons. The molecule has 1 saturated heterocycles. The van der Waals surface area contributed by atoms with Gasteiger partial charge in [0, 0.05) is 50.2 Å². The van der Waals surface area contributed by atoms with Crippen molar-refractivity contribution >= 4 is 27.3 Å². The van der Waals surface area contributed by atoms with Gasteiger partial charge < -0.3 is 14.5 Å². The van der Waals surface area contributed by atoms with Crippen LogP contribution in [0.4, 0.5) is 11.4 Å². The summed E-state index contributed by atoms with van der Waals surface area (Å²) >= 11 is 0. The van der Waals surface area contributed by atoms with E-state index in [-0.39, 0.29) is 6.10 Å². The molecule has 1 atom stereocenters. The van der Waals surface area contributed by atoms with Gasteiger partial charge in [0.15, 0.2) is 11.5 Å². The van der Waals surface area contributed by atoms with Gasteiger partial charge >= 0.3 is 0 Å². The number of ketones is 1. The highest BCUT2D eigenvalue weighted by Crippen LogP contribution is 2.47. The number of anilines is 2. The van der Waals surface area contributed by atoms with E-state index in [1.165, 1.54) is 11.3 Å². The molecule has 2 N–H and O–H groups in total. The fourth-order valence-corrected chi connectivity index (χ4v) is 5.82. The maximum atomic E-state index is 13.1. The van der Waals surface area contributed by atoms with Crippen molar-refractivity contribution in [2.24, 2.45) is 0 Å². The number of Topliss-reactive ketones (excluding diaryl/α,β-unsaturated/α-hetero) is 1. The highest BCUT2D eigenvalue weighted by Gasteiger charge is 2.50. The Morgan fingerprint density at radius 1 is 1.05 bits per heavy atom. The third-order valence-corrected chi connectivity index (χ3v) is 7.65. The lowest BCUT2D eigenvalue weighted by atomic mass is 9.80. The van der Waals surface area contributed by atoms with Crippen LogP contribution < -0.4 is 15.2 Å². The molecule has 0 saturated carbocycles. The molecule has 0 spiro atoms. The molecule has 0 aromatic heterocycles. The minimum atomic E-state index is -3.67. The number of hydrogen-bond donors (Lipinski definition) is 2. The molecule has 9 nitrogen and oxygen atoms in total. The number of carbonyl (C=O) groups excluding carboxylic acids is 1. The topological polar surface area (TPSA) is 108 Å². The Labute approximate surface area is 225 Å². The lowest BCUT2D eigenvalue weighted by Crippen LogP contribution is -2.47. The Kier molecular flexibility index (Phi) is 7.82. The molecular formula is C28H39N3O6S. The summed E-state index contributed by atoms with van der Waals surface area (Å²) in [6.45, 7) is 15.6. The molecule has 3 aliphatic rings. The van der Waals surface area contributed by atoms with Gasteiger partial charge in [-0.25, -0.2) is 5.48 Å². The van der Waals surface area contributed by atoms with Crippen molar-refractivity contribution in [3.63, 3.8) is 0 Å². The number of hydrogen-bond acceptors (Lipinski definition) is 8. The van der Waals surface area contributed by atoms with Crippen LogP contribution in [0.3, 0.4) is 0 Å². The predicted octanol–water partition coefficient (Wildman–Crippen LogP) is 3.95. The summed E-state index contributed by atoms with van der Waals surface area (Å²) < 4.78 is 32.1. The molecular weight excluding hydrogens is 506 g/mol. The second-order valence-corrected chi connectivity index (χ2v) is 12.7. The molecule has 2 aromatic carbocycles. The first-order chi connectivity index (χ1) is 17.7. The summed E-state index contributed by atoms with van der Waals surface area (Å²) in [5, 5.41) is 0. The SMILES string of the molecule is CCOC(CN1CCN(c2c3cccc2ON3)CC1)c1ccc2c(c1)C(C)(C)C(=O)C2(C)C.CS(=O)(=O)O. The first-order valence-electron chi connectivity index (χ1n) is 13.0. The lowest BCUT2D eigenvalue weighted by molar-refractivity contribution is -0.126. The minimum absolute atomic E-state index is 0.00926. The van der Waals surface area contributed by atoms with Crippen molar-refractivity contribution in [3.8, 4) is 5.75 Å². The van der Waals surface area contributed by atoms with Gasteiger partial charge in [-0.3, -0.25) is 14.2 Å². The van der Waals surface area contributed by atoms with Crippen LogP contribution in [0.15, 0.2) is 36.4 Å². The number of ether oxygens (including phenoxy) is 1. The average Bonchev–Trinajstić information content (AvgIpc) is 3.16. The number of fused-ring (bicyclic) bond motifs is 3. The third kappa shape index (κ3) is 5.68. The Morgan fingerprint density at radius 3 is 2.29 bits per heavy atom. The van der Waals surface area contributed by atoms with Crippen LogP contribution in [0, 0.1) is 0 Å². The lowest BCUT2D eigenvalue weighted by Gasteiger charge is -2.37. The van der Waals surface area contributed by atoms with Crippen LogP contribution in [-0.4, -0.2) is 69.2 Å². The molecule has 0 radical (unpaired) electrons. The van der Waals surface area contributed by atoms with Crippen molar-refractivity contribution in [3.05, 3.63) is 53.1 Å². The Hall–Kier alpha value is -2.66. The minimum Gasteiger partial charge on any atom is -0.380 e. The van der Waals surface area contributed by atoms with Crippen LogP contribution >= 0.6 is 0 Å². The largest absolute Gasteiger partial charge is 0.380 e. The molecule has 1 aliphatic carbocycles. The van der Waals surface area contributed by atoms with Gasteiger partial charge in [0.25, 0.3) is 10.1 Å². The smallest absolute Gasteiger partial charge is 0.261 e. The molecule has 2 bridgehead atoms. The van der Waals surface area contributed by atoms with Gasteiger partial charge in [-0.05, 0) is 63.4 Å². The quantitative estimate of drug-likeness (QED) is 0.522. The van der Waals surface area contributed by atoms with Crippen molar-refractivity contribution in [1.82, 2.24) is 4.90 Å². The molecule has 10 heteroatoms. The third-order valence-electron chi connectivity index (χ3n) is 7.65. The van der Waals surface area contributed by atoms with Crippen LogP contribution in [0.1, 0.15) is 57.4 Å². The summed E-state index contributed by atoms with van der Waals surface area (Å²) in [5.74, 6) is 1.20. The van der Waals surface area contributed by atoms with E-state index < -0.39 is 20.9 Å². The summed E-state index contributed by atoms with van der Waals surface area (Å²) in [6, 6.07) is 12.6. The van der Waals surface area contributed by atoms with E-state index in [1.54, 1.807) is 0 Å². The standard InChI is InChI=1S/C27H35N3O3.CH4O3S/c1-6-32-23(18-10-11-19-20(16-18)27(4,5)25(31)26(19,2)3)17-29-12-14-30(15-13-29)24-21-8-7-9-22(24)33-28-21;1-5(2,3)4/h7-11,16,23,28H,6,12-15,17H2,1-5H3;1H3,(H,2,3,4). The fraction of sp³-hybridized carbons (Fsp3) is 0.536. The zero-order valence-electron chi connectivity index (χ0n) is 23.1. The highest BCUT2D eigenvalue weighted by atomic mass is 32.2. The summed E-state index contributed by atoms with van der Waals surface area (Å²) in [6.07, 6.45) is 0.706. The average molecular weight is 546 g/mol. The fourth-order valence-electron chi connectivity index (χ4n) is 5.82. The second-order valence-electron chi connectivity index (χ2n) is 11.2. The molecule has 38 heavy (non-hydrogen) atoms. The van der Waals surface area contributed by atoms with Crippen LogP contribution in [-0.2, 0) is 30.5 Å². The van der Waals surface area contributed by atoms with Crippen LogP contribution in [0.2, 0.25) is 0 Å². The van der Waals surface area contributed by atoms with Crippen LogP contribution in [0.5, 0.6) is 5.75 Å². The van der Waals surface area contributed by atoms with Gasteiger partial charge in [0.1, 0.15) is 5.69 Å².